The van der Waals surface area contributed by atoms with E-state index in [0.29, 0.717) is 25.3 Å². The van der Waals surface area contributed by atoms with E-state index in [9.17, 15) is 13.2 Å². The van der Waals surface area contributed by atoms with Crippen molar-refractivity contribution in [1.29, 1.82) is 0 Å². The maximum Gasteiger partial charge on any atom is 0.257 e. The van der Waals surface area contributed by atoms with E-state index in [1.807, 2.05) is 6.07 Å². The van der Waals surface area contributed by atoms with Crippen LogP contribution >= 0.6 is 0 Å². The van der Waals surface area contributed by atoms with E-state index >= 15 is 0 Å². The standard InChI is InChI=1S/C31H47N7O4S/c1-34(2)43(40,41)31-28(38-19-17-35(3)18-20-38)9-6-10-29(31)42-24-30(39)33-21-27(37-15-12-32-13-16-37)23-36-14-11-25-7-4-5-8-26(25)22-36/h4-10,27,32H,11-24H2,1-3H3,(H,33,39)/t27-/m1/s1. The molecule has 3 aliphatic rings. The molecule has 3 heterocycles. The molecule has 3 aliphatic heterocycles. The summed E-state index contributed by atoms with van der Waals surface area (Å²) in [6.07, 6.45) is 1.04. The van der Waals surface area contributed by atoms with E-state index in [4.69, 9.17) is 4.74 Å². The van der Waals surface area contributed by atoms with Crippen molar-refractivity contribution in [1.82, 2.24) is 29.6 Å². The van der Waals surface area contributed by atoms with Crippen LogP contribution in [0.25, 0.3) is 0 Å². The fourth-order valence-electron chi connectivity index (χ4n) is 6.15. The Morgan fingerprint density at radius 3 is 2.42 bits per heavy atom. The quantitative estimate of drug-likeness (QED) is 0.376. The first-order valence-corrected chi connectivity index (χ1v) is 16.8. The number of amides is 1. The summed E-state index contributed by atoms with van der Waals surface area (Å²) >= 11 is 0. The molecule has 11 nitrogen and oxygen atoms in total. The summed E-state index contributed by atoms with van der Waals surface area (Å²) in [5.74, 6) is -0.0618. The lowest BCUT2D eigenvalue weighted by Crippen LogP contribution is -2.56. The molecule has 2 fully saturated rings. The Hall–Kier alpha value is -2.74. The summed E-state index contributed by atoms with van der Waals surface area (Å²) in [5.41, 5.74) is 3.42. The predicted octanol–water partition coefficient (Wildman–Crippen LogP) is 0.516. The maximum atomic E-state index is 13.5. The molecule has 0 bridgehead atoms. The van der Waals surface area contributed by atoms with Crippen LogP contribution < -0.4 is 20.3 Å². The second kappa shape index (κ2) is 14.4. The molecule has 0 unspecified atom stereocenters. The van der Waals surface area contributed by atoms with E-state index in [1.54, 1.807) is 12.1 Å². The molecule has 5 rings (SSSR count). The Balaban J connectivity index is 1.25. The predicted molar refractivity (Wildman–Crippen MR) is 169 cm³/mol. The van der Waals surface area contributed by atoms with Gasteiger partial charge in [0.1, 0.15) is 10.6 Å². The number of hydrogen-bond donors (Lipinski definition) is 2. The smallest absolute Gasteiger partial charge is 0.257 e. The summed E-state index contributed by atoms with van der Waals surface area (Å²) in [5, 5.41) is 6.52. The summed E-state index contributed by atoms with van der Waals surface area (Å²) < 4.78 is 34.1. The highest BCUT2D eigenvalue weighted by atomic mass is 32.2. The van der Waals surface area contributed by atoms with Gasteiger partial charge in [-0.1, -0.05) is 30.3 Å². The molecule has 1 amide bonds. The minimum atomic E-state index is -3.82. The number of nitrogens with one attached hydrogen (secondary N) is 2. The molecule has 0 radical (unpaired) electrons. The summed E-state index contributed by atoms with van der Waals surface area (Å²) in [7, 11) is 1.27. The van der Waals surface area contributed by atoms with E-state index in [0.717, 1.165) is 65.3 Å². The maximum absolute atomic E-state index is 13.5. The Labute approximate surface area is 256 Å². The minimum absolute atomic E-state index is 0.112. The van der Waals surface area contributed by atoms with Crippen molar-refractivity contribution >= 4 is 21.6 Å². The number of fused-ring (bicyclic) bond motifs is 1. The largest absolute Gasteiger partial charge is 0.482 e. The number of rotatable bonds is 11. The molecule has 2 N–H and O–H groups in total. The zero-order chi connectivity index (χ0) is 30.4. The molecule has 2 saturated heterocycles. The normalized spacial score (nSPS) is 19.7. The van der Waals surface area contributed by atoms with Gasteiger partial charge in [-0.05, 0) is 36.7 Å². The van der Waals surface area contributed by atoms with Gasteiger partial charge in [-0.2, -0.15) is 0 Å². The third-order valence-electron chi connectivity index (χ3n) is 8.78. The first-order valence-electron chi connectivity index (χ1n) is 15.3. The van der Waals surface area contributed by atoms with Crippen molar-refractivity contribution in [2.75, 3.05) is 105 Å². The number of benzene rings is 2. The number of carbonyl (C=O) groups is 1. The van der Waals surface area contributed by atoms with Crippen LogP contribution in [0, 0.1) is 0 Å². The molecule has 12 heteroatoms. The third-order valence-corrected chi connectivity index (χ3v) is 10.7. The van der Waals surface area contributed by atoms with Crippen LogP contribution in [0.3, 0.4) is 0 Å². The van der Waals surface area contributed by atoms with Gasteiger partial charge in [0.15, 0.2) is 6.61 Å². The lowest BCUT2D eigenvalue weighted by molar-refractivity contribution is -0.123. The highest BCUT2D eigenvalue weighted by Crippen LogP contribution is 2.36. The highest BCUT2D eigenvalue weighted by Gasteiger charge is 2.30. The molecule has 236 valence electrons. The SMILES string of the molecule is CN1CCN(c2cccc(OCC(=O)NC[C@H](CN3CCc4ccccc4C3)N3CCNCC3)c2S(=O)(=O)N(C)C)CC1. The fraction of sp³-hybridized carbons (Fsp3) is 0.581. The minimum Gasteiger partial charge on any atom is -0.482 e. The van der Waals surface area contributed by atoms with Crippen LogP contribution in [0.15, 0.2) is 47.4 Å². The number of nitrogens with zero attached hydrogens (tertiary/aromatic N) is 5. The second-order valence-electron chi connectivity index (χ2n) is 12.0. The van der Waals surface area contributed by atoms with Crippen LogP contribution in [0.1, 0.15) is 11.1 Å². The van der Waals surface area contributed by atoms with Crippen LogP contribution in [0.5, 0.6) is 5.75 Å². The Morgan fingerprint density at radius 1 is 0.977 bits per heavy atom. The zero-order valence-corrected chi connectivity index (χ0v) is 26.6. The van der Waals surface area contributed by atoms with Crippen molar-refractivity contribution in [3.8, 4) is 5.75 Å². The molecule has 2 aromatic rings. The molecular weight excluding hydrogens is 566 g/mol. The molecule has 2 aromatic carbocycles. The fourth-order valence-corrected chi connectivity index (χ4v) is 7.35. The molecule has 0 spiro atoms. The van der Waals surface area contributed by atoms with E-state index in [-0.39, 0.29) is 29.2 Å². The average Bonchev–Trinajstić information content (AvgIpc) is 3.02. The van der Waals surface area contributed by atoms with Gasteiger partial charge in [-0.15, -0.1) is 0 Å². The van der Waals surface area contributed by atoms with Gasteiger partial charge in [0.05, 0.1) is 5.69 Å². The van der Waals surface area contributed by atoms with Crippen LogP contribution in [0.2, 0.25) is 0 Å². The van der Waals surface area contributed by atoms with Gasteiger partial charge in [-0.3, -0.25) is 14.6 Å². The Bertz CT molecular complexity index is 1340. The molecule has 0 saturated carbocycles. The lowest BCUT2D eigenvalue weighted by Gasteiger charge is -2.39. The highest BCUT2D eigenvalue weighted by molar-refractivity contribution is 7.89. The van der Waals surface area contributed by atoms with Crippen molar-refractivity contribution in [2.45, 2.75) is 23.9 Å². The van der Waals surface area contributed by atoms with Crippen molar-refractivity contribution in [3.63, 3.8) is 0 Å². The molecule has 1 atom stereocenters. The van der Waals surface area contributed by atoms with Crippen LogP contribution in [0.4, 0.5) is 5.69 Å². The number of sulfonamides is 1. The molecule has 0 aromatic heterocycles. The van der Waals surface area contributed by atoms with Crippen molar-refractivity contribution in [3.05, 3.63) is 53.6 Å². The third kappa shape index (κ3) is 7.86. The topological polar surface area (TPSA) is 101 Å². The molecule has 43 heavy (non-hydrogen) atoms. The van der Waals surface area contributed by atoms with Gasteiger partial charge in [0.25, 0.3) is 5.91 Å². The number of hydrogen-bond acceptors (Lipinski definition) is 9. The second-order valence-corrected chi connectivity index (χ2v) is 14.1. The Morgan fingerprint density at radius 2 is 1.70 bits per heavy atom. The van der Waals surface area contributed by atoms with Crippen LogP contribution in [-0.2, 0) is 27.8 Å². The summed E-state index contributed by atoms with van der Waals surface area (Å²) in [6.45, 7) is 9.89. The van der Waals surface area contributed by atoms with Gasteiger partial charge < -0.3 is 25.2 Å². The van der Waals surface area contributed by atoms with Crippen molar-refractivity contribution in [2.24, 2.45) is 0 Å². The van der Waals surface area contributed by atoms with E-state index in [1.165, 1.54) is 29.5 Å². The number of anilines is 1. The monoisotopic (exact) mass is 613 g/mol. The van der Waals surface area contributed by atoms with Gasteiger partial charge in [0.2, 0.25) is 10.0 Å². The molecular formula is C31H47N7O4S. The zero-order valence-electron chi connectivity index (χ0n) is 25.8. The van der Waals surface area contributed by atoms with Crippen LogP contribution in [-0.4, -0.2) is 139 Å². The number of piperazine rings is 2. The van der Waals surface area contributed by atoms with Gasteiger partial charge in [0, 0.05) is 98.7 Å². The number of likely N-dealkylation sites (N-methyl/N-ethyl adjacent to an activating group) is 1. The van der Waals surface area contributed by atoms with E-state index in [2.05, 4.69) is 61.5 Å². The summed E-state index contributed by atoms with van der Waals surface area (Å²) in [4.78, 5) is 22.5. The van der Waals surface area contributed by atoms with Gasteiger partial charge in [-0.25, -0.2) is 12.7 Å². The molecule has 0 aliphatic carbocycles. The summed E-state index contributed by atoms with van der Waals surface area (Å²) in [6, 6.07) is 14.1. The van der Waals surface area contributed by atoms with Crippen molar-refractivity contribution < 1.29 is 17.9 Å². The number of carbonyl (C=O) groups excluding carboxylic acids is 1. The number of ether oxygens (including phenoxy) is 1. The lowest BCUT2D eigenvalue weighted by atomic mass is 9.99. The first kappa shape index (κ1) is 31.7. The van der Waals surface area contributed by atoms with Gasteiger partial charge >= 0.3 is 0 Å². The first-order chi connectivity index (χ1) is 20.7. The Kier molecular flexibility index (Phi) is 10.6. The average molecular weight is 614 g/mol. The van der Waals surface area contributed by atoms with E-state index < -0.39 is 10.0 Å².